The molecule has 3 nitrogen and oxygen atoms in total. The van der Waals surface area contributed by atoms with Crippen molar-refractivity contribution in [2.75, 3.05) is 0 Å². The fraction of sp³-hybridized carbons (Fsp3) is 0.857. The molecule has 0 aromatic carbocycles. The minimum Gasteiger partial charge on any atom is -0.373 e. The molecule has 0 unspecified atom stereocenters. The van der Waals surface area contributed by atoms with Crippen LogP contribution >= 0.6 is 0 Å². The van der Waals surface area contributed by atoms with E-state index in [9.17, 15) is 4.79 Å². The lowest BCUT2D eigenvalue weighted by atomic mass is 10.0. The lowest BCUT2D eigenvalue weighted by Gasteiger charge is -2.22. The monoisotopic (exact) mass is 145 g/mol. The molecule has 0 bridgehead atoms. The van der Waals surface area contributed by atoms with Gasteiger partial charge in [-0.25, -0.2) is 0 Å². The fourth-order valence-electron chi connectivity index (χ4n) is 0.860. The molecule has 10 heavy (non-hydrogen) atoms. The summed E-state index contributed by atoms with van der Waals surface area (Å²) in [6.07, 6.45) is 2.06. The van der Waals surface area contributed by atoms with E-state index in [1.807, 2.05) is 13.8 Å². The maximum atomic E-state index is 9.77. The number of carbonyl (C=O) groups excluding carboxylic acids is 1. The molecule has 0 aromatic heterocycles. The van der Waals surface area contributed by atoms with Gasteiger partial charge < -0.3 is 4.84 Å². The van der Waals surface area contributed by atoms with Gasteiger partial charge in [0.15, 0.2) is 0 Å². The number of hydrogen-bond donors (Lipinski definition) is 1. The molecule has 0 saturated heterocycles. The summed E-state index contributed by atoms with van der Waals surface area (Å²) in [5.74, 6) is 0. The highest BCUT2D eigenvalue weighted by molar-refractivity contribution is 5.36. The summed E-state index contributed by atoms with van der Waals surface area (Å²) in [7, 11) is 0. The molecule has 0 spiro atoms. The highest BCUT2D eigenvalue weighted by atomic mass is 16.7. The Morgan fingerprint density at radius 3 is 2.60 bits per heavy atom. The second-order valence-corrected chi connectivity index (χ2v) is 2.95. The molecule has 1 N–H and O–H groups in total. The van der Waals surface area contributed by atoms with Crippen LogP contribution in [-0.2, 0) is 9.63 Å². The third-order valence-electron chi connectivity index (χ3n) is 1.26. The molecule has 0 fully saturated rings. The lowest BCUT2D eigenvalue weighted by Crippen LogP contribution is -2.38. The SMILES string of the molecule is CCCC(C)(C)NOC=O. The first-order valence-electron chi connectivity index (χ1n) is 3.49. The Bertz CT molecular complexity index is 102. The van der Waals surface area contributed by atoms with Crippen molar-refractivity contribution in [2.45, 2.75) is 39.2 Å². The molecule has 0 aliphatic rings. The molecule has 0 radical (unpaired) electrons. The Kier molecular flexibility index (Phi) is 4.03. The van der Waals surface area contributed by atoms with E-state index in [0.29, 0.717) is 6.47 Å². The largest absolute Gasteiger partial charge is 0.373 e. The van der Waals surface area contributed by atoms with Crippen molar-refractivity contribution in [3.8, 4) is 0 Å². The van der Waals surface area contributed by atoms with E-state index >= 15 is 0 Å². The molecule has 0 heterocycles. The first-order valence-corrected chi connectivity index (χ1v) is 3.49. The second-order valence-electron chi connectivity index (χ2n) is 2.95. The van der Waals surface area contributed by atoms with Crippen LogP contribution in [0.15, 0.2) is 0 Å². The normalized spacial score (nSPS) is 11.1. The molecule has 0 aliphatic heterocycles. The van der Waals surface area contributed by atoms with Gasteiger partial charge in [-0.15, -0.1) is 5.48 Å². The summed E-state index contributed by atoms with van der Waals surface area (Å²) in [4.78, 5) is 14.2. The maximum absolute atomic E-state index is 9.77. The summed E-state index contributed by atoms with van der Waals surface area (Å²) in [5, 5.41) is 0. The molecule has 0 amide bonds. The molecule has 0 rings (SSSR count). The average molecular weight is 145 g/mol. The predicted octanol–water partition coefficient (Wildman–Crippen LogP) is 1.24. The van der Waals surface area contributed by atoms with Crippen molar-refractivity contribution >= 4 is 6.47 Å². The van der Waals surface area contributed by atoms with Gasteiger partial charge in [0.1, 0.15) is 0 Å². The maximum Gasteiger partial charge on any atom is 0.312 e. The van der Waals surface area contributed by atoms with Crippen molar-refractivity contribution in [2.24, 2.45) is 0 Å². The van der Waals surface area contributed by atoms with Gasteiger partial charge in [-0.3, -0.25) is 4.79 Å². The number of rotatable bonds is 5. The van der Waals surface area contributed by atoms with Crippen LogP contribution in [0.1, 0.15) is 33.6 Å². The minimum absolute atomic E-state index is 0.102. The van der Waals surface area contributed by atoms with Crippen molar-refractivity contribution in [3.05, 3.63) is 0 Å². The summed E-state index contributed by atoms with van der Waals surface area (Å²) in [6.45, 7) is 6.46. The Labute approximate surface area is 61.7 Å². The molecule has 60 valence electrons. The van der Waals surface area contributed by atoms with Gasteiger partial charge in [-0.2, -0.15) is 0 Å². The van der Waals surface area contributed by atoms with Gasteiger partial charge >= 0.3 is 6.47 Å². The van der Waals surface area contributed by atoms with Gasteiger partial charge in [-0.1, -0.05) is 13.3 Å². The third-order valence-corrected chi connectivity index (χ3v) is 1.26. The summed E-state index contributed by atoms with van der Waals surface area (Å²) >= 11 is 0. The summed E-state index contributed by atoms with van der Waals surface area (Å²) in [5.41, 5.74) is 2.54. The van der Waals surface area contributed by atoms with Crippen LogP contribution in [0, 0.1) is 0 Å². The zero-order valence-corrected chi connectivity index (χ0v) is 6.81. The van der Waals surface area contributed by atoms with E-state index < -0.39 is 0 Å². The van der Waals surface area contributed by atoms with Crippen LogP contribution in [0.2, 0.25) is 0 Å². The van der Waals surface area contributed by atoms with Gasteiger partial charge in [0, 0.05) is 5.54 Å². The molecule has 0 aliphatic carbocycles. The fourth-order valence-corrected chi connectivity index (χ4v) is 0.860. The highest BCUT2D eigenvalue weighted by Crippen LogP contribution is 2.09. The highest BCUT2D eigenvalue weighted by Gasteiger charge is 2.15. The van der Waals surface area contributed by atoms with Crippen LogP contribution in [0.25, 0.3) is 0 Å². The number of carbonyl (C=O) groups is 1. The topological polar surface area (TPSA) is 38.3 Å². The Morgan fingerprint density at radius 1 is 1.60 bits per heavy atom. The zero-order valence-electron chi connectivity index (χ0n) is 6.81. The second kappa shape index (κ2) is 4.28. The van der Waals surface area contributed by atoms with Crippen molar-refractivity contribution in [1.29, 1.82) is 0 Å². The third kappa shape index (κ3) is 4.32. The van der Waals surface area contributed by atoms with Gasteiger partial charge in [-0.05, 0) is 20.3 Å². The van der Waals surface area contributed by atoms with Gasteiger partial charge in [0.25, 0.3) is 0 Å². The number of nitrogens with one attached hydrogen (secondary N) is 1. The quantitative estimate of drug-likeness (QED) is 0.467. The Morgan fingerprint density at radius 2 is 2.20 bits per heavy atom. The van der Waals surface area contributed by atoms with Crippen LogP contribution in [0.3, 0.4) is 0 Å². The Hall–Kier alpha value is -0.570. The van der Waals surface area contributed by atoms with E-state index in [0.717, 1.165) is 12.8 Å². The zero-order chi connectivity index (χ0) is 8.04. The standard InChI is InChI=1S/C7H15NO2/c1-4-5-7(2,3)8-10-6-9/h6,8H,4-5H2,1-3H3. The minimum atomic E-state index is -0.102. The van der Waals surface area contributed by atoms with E-state index in [-0.39, 0.29) is 5.54 Å². The van der Waals surface area contributed by atoms with Crippen LogP contribution < -0.4 is 5.48 Å². The lowest BCUT2D eigenvalue weighted by molar-refractivity contribution is -0.139. The van der Waals surface area contributed by atoms with Gasteiger partial charge in [0.2, 0.25) is 0 Å². The van der Waals surface area contributed by atoms with E-state index in [1.165, 1.54) is 0 Å². The van der Waals surface area contributed by atoms with Crippen molar-refractivity contribution in [3.63, 3.8) is 0 Å². The molecule has 0 atom stereocenters. The van der Waals surface area contributed by atoms with Gasteiger partial charge in [0.05, 0.1) is 0 Å². The summed E-state index contributed by atoms with van der Waals surface area (Å²) in [6, 6.07) is 0. The average Bonchev–Trinajstić information content (AvgIpc) is 1.84. The number of hydroxylamine groups is 1. The van der Waals surface area contributed by atoms with E-state index in [4.69, 9.17) is 0 Å². The Balaban J connectivity index is 3.51. The van der Waals surface area contributed by atoms with E-state index in [1.54, 1.807) is 0 Å². The number of hydrogen-bond acceptors (Lipinski definition) is 3. The molecule has 0 saturated carbocycles. The van der Waals surface area contributed by atoms with Crippen LogP contribution in [0.4, 0.5) is 0 Å². The van der Waals surface area contributed by atoms with Crippen molar-refractivity contribution in [1.82, 2.24) is 5.48 Å². The predicted molar refractivity (Wildman–Crippen MR) is 39.3 cm³/mol. The summed E-state index contributed by atoms with van der Waals surface area (Å²) < 4.78 is 0. The molecule has 0 aromatic rings. The van der Waals surface area contributed by atoms with Crippen LogP contribution in [0.5, 0.6) is 0 Å². The molecular formula is C7H15NO2. The van der Waals surface area contributed by atoms with Crippen molar-refractivity contribution < 1.29 is 9.63 Å². The van der Waals surface area contributed by atoms with E-state index in [2.05, 4.69) is 17.2 Å². The first kappa shape index (κ1) is 9.43. The van der Waals surface area contributed by atoms with Crippen LogP contribution in [-0.4, -0.2) is 12.0 Å². The molecular weight excluding hydrogens is 130 g/mol. The molecule has 3 heteroatoms. The smallest absolute Gasteiger partial charge is 0.312 e. The first-order chi connectivity index (χ1) is 4.62.